The fraction of sp³-hybridized carbons (Fsp3) is 0.190. The second-order valence-electron chi connectivity index (χ2n) is 6.89. The number of carbonyl (C=O) groups is 1. The molecule has 2 heterocycles. The molecule has 10 heteroatoms. The van der Waals surface area contributed by atoms with Gasteiger partial charge < -0.3 is 9.73 Å². The highest BCUT2D eigenvalue weighted by Crippen LogP contribution is 2.20. The van der Waals surface area contributed by atoms with E-state index in [1.54, 1.807) is 10.9 Å². The number of para-hydroxylation sites is 1. The van der Waals surface area contributed by atoms with E-state index in [-0.39, 0.29) is 30.1 Å². The summed E-state index contributed by atoms with van der Waals surface area (Å²) >= 11 is 0. The first-order valence-electron chi connectivity index (χ1n) is 9.65. The molecule has 0 bridgehead atoms. The van der Waals surface area contributed by atoms with Gasteiger partial charge in [0.05, 0.1) is 22.2 Å². The number of nitrogens with zero attached hydrogens (tertiary/aromatic N) is 4. The Hall–Kier alpha value is -4.21. The van der Waals surface area contributed by atoms with E-state index in [0.717, 1.165) is 11.3 Å². The molecule has 4 rings (SSSR count). The molecule has 0 spiro atoms. The molecular formula is C21H19N5O5. The van der Waals surface area contributed by atoms with Crippen LogP contribution in [0, 0.1) is 10.1 Å². The van der Waals surface area contributed by atoms with E-state index in [1.165, 1.54) is 22.8 Å². The number of carbonyl (C=O) groups excluding carboxylic acids is 1. The van der Waals surface area contributed by atoms with E-state index >= 15 is 0 Å². The highest BCUT2D eigenvalue weighted by molar-refractivity contribution is 5.76. The monoisotopic (exact) mass is 421 g/mol. The Morgan fingerprint density at radius 1 is 1.19 bits per heavy atom. The van der Waals surface area contributed by atoms with Crippen LogP contribution in [-0.2, 0) is 17.9 Å². The van der Waals surface area contributed by atoms with Gasteiger partial charge in [0.15, 0.2) is 5.58 Å². The zero-order valence-corrected chi connectivity index (χ0v) is 16.4. The molecule has 0 aliphatic rings. The van der Waals surface area contributed by atoms with Crippen molar-refractivity contribution >= 4 is 22.7 Å². The number of aryl methyl sites for hydroxylation is 1. The second kappa shape index (κ2) is 8.66. The van der Waals surface area contributed by atoms with Crippen molar-refractivity contribution in [1.29, 1.82) is 0 Å². The van der Waals surface area contributed by atoms with Gasteiger partial charge in [0.25, 0.3) is 5.69 Å². The van der Waals surface area contributed by atoms with Crippen molar-refractivity contribution in [3.63, 3.8) is 0 Å². The molecule has 0 fully saturated rings. The number of rotatable bonds is 8. The van der Waals surface area contributed by atoms with Crippen LogP contribution in [0.5, 0.6) is 0 Å². The number of nitro benzene ring substituents is 1. The molecule has 0 saturated carbocycles. The van der Waals surface area contributed by atoms with E-state index in [4.69, 9.17) is 4.42 Å². The summed E-state index contributed by atoms with van der Waals surface area (Å²) in [5.74, 6) is -0.754. The van der Waals surface area contributed by atoms with Gasteiger partial charge in [-0.05, 0) is 30.2 Å². The average Bonchev–Trinajstić information content (AvgIpc) is 3.40. The normalized spacial score (nSPS) is 11.0. The summed E-state index contributed by atoms with van der Waals surface area (Å²) in [6, 6.07) is 13.5. The van der Waals surface area contributed by atoms with Gasteiger partial charge in [-0.2, -0.15) is 5.10 Å². The highest BCUT2D eigenvalue weighted by Gasteiger charge is 2.14. The molecule has 2 aromatic heterocycles. The average molecular weight is 421 g/mol. The quantitative estimate of drug-likeness (QED) is 0.344. The number of amides is 1. The van der Waals surface area contributed by atoms with Crippen molar-refractivity contribution in [2.45, 2.75) is 25.9 Å². The number of nitrogens with one attached hydrogen (secondary N) is 1. The van der Waals surface area contributed by atoms with E-state index in [2.05, 4.69) is 10.4 Å². The maximum absolute atomic E-state index is 12.3. The Bertz CT molecular complexity index is 1290. The topological polar surface area (TPSA) is 125 Å². The summed E-state index contributed by atoms with van der Waals surface area (Å²) in [7, 11) is 0. The number of oxazole rings is 1. The molecule has 10 nitrogen and oxygen atoms in total. The fourth-order valence-corrected chi connectivity index (χ4v) is 3.36. The van der Waals surface area contributed by atoms with Crippen molar-refractivity contribution in [2.75, 3.05) is 0 Å². The first-order chi connectivity index (χ1) is 15.0. The minimum atomic E-state index is -0.607. The number of benzene rings is 2. The van der Waals surface area contributed by atoms with Gasteiger partial charge >= 0.3 is 5.76 Å². The molecule has 2 aromatic carbocycles. The SMILES string of the molecule is O=C(CCCn1c(=O)oc2cc([N+](=O)[O-])ccc21)NCc1ccccc1-n1cccn1. The summed E-state index contributed by atoms with van der Waals surface area (Å²) in [6.45, 7) is 0.619. The van der Waals surface area contributed by atoms with Gasteiger partial charge in [-0.15, -0.1) is 0 Å². The molecule has 31 heavy (non-hydrogen) atoms. The largest absolute Gasteiger partial charge is 0.419 e. The Labute approximate surface area is 175 Å². The molecule has 158 valence electrons. The van der Waals surface area contributed by atoms with Crippen LogP contribution in [0.1, 0.15) is 18.4 Å². The third-order valence-electron chi connectivity index (χ3n) is 4.87. The maximum Gasteiger partial charge on any atom is 0.419 e. The summed E-state index contributed by atoms with van der Waals surface area (Å²) < 4.78 is 8.21. The fourth-order valence-electron chi connectivity index (χ4n) is 3.36. The first-order valence-corrected chi connectivity index (χ1v) is 9.65. The van der Waals surface area contributed by atoms with Crippen molar-refractivity contribution in [3.8, 4) is 5.69 Å². The van der Waals surface area contributed by atoms with Crippen LogP contribution in [0.15, 0.2) is 70.1 Å². The third-order valence-corrected chi connectivity index (χ3v) is 4.87. The minimum absolute atomic E-state index is 0.147. The molecule has 0 aliphatic carbocycles. The number of nitro groups is 1. The Morgan fingerprint density at radius 2 is 2.03 bits per heavy atom. The van der Waals surface area contributed by atoms with Crippen LogP contribution in [0.3, 0.4) is 0 Å². The van der Waals surface area contributed by atoms with E-state index in [1.807, 2.05) is 36.5 Å². The zero-order valence-electron chi connectivity index (χ0n) is 16.4. The molecule has 4 aromatic rings. The lowest BCUT2D eigenvalue weighted by atomic mass is 10.1. The van der Waals surface area contributed by atoms with Gasteiger partial charge in [0, 0.05) is 38.0 Å². The van der Waals surface area contributed by atoms with Gasteiger partial charge in [0.1, 0.15) is 0 Å². The number of aromatic nitrogens is 3. The summed E-state index contributed by atoms with van der Waals surface area (Å²) in [4.78, 5) is 34.7. The van der Waals surface area contributed by atoms with E-state index in [9.17, 15) is 19.7 Å². The van der Waals surface area contributed by atoms with Crippen molar-refractivity contribution in [3.05, 3.63) is 87.2 Å². The smallest absolute Gasteiger partial charge is 0.407 e. The van der Waals surface area contributed by atoms with Gasteiger partial charge in [-0.1, -0.05) is 18.2 Å². The van der Waals surface area contributed by atoms with Crippen LogP contribution in [0.25, 0.3) is 16.8 Å². The number of hydrogen-bond donors (Lipinski definition) is 1. The summed E-state index contributed by atoms with van der Waals surface area (Å²) in [5, 5.41) is 18.0. The lowest BCUT2D eigenvalue weighted by Gasteiger charge is -2.11. The van der Waals surface area contributed by atoms with Crippen LogP contribution < -0.4 is 11.1 Å². The maximum atomic E-state index is 12.3. The molecule has 0 unspecified atom stereocenters. The minimum Gasteiger partial charge on any atom is -0.407 e. The molecule has 0 radical (unpaired) electrons. The van der Waals surface area contributed by atoms with Gasteiger partial charge in [-0.25, -0.2) is 9.48 Å². The molecule has 1 N–H and O–H groups in total. The number of hydrogen-bond acceptors (Lipinski definition) is 6. The van der Waals surface area contributed by atoms with Crippen LogP contribution in [-0.4, -0.2) is 25.2 Å². The van der Waals surface area contributed by atoms with Gasteiger partial charge in [0.2, 0.25) is 5.91 Å². The lowest BCUT2D eigenvalue weighted by molar-refractivity contribution is -0.384. The predicted molar refractivity (Wildman–Crippen MR) is 112 cm³/mol. The molecule has 0 atom stereocenters. The van der Waals surface area contributed by atoms with Gasteiger partial charge in [-0.3, -0.25) is 19.5 Å². The number of non-ortho nitro benzene ring substituents is 1. The number of fused-ring (bicyclic) bond motifs is 1. The Balaban J connectivity index is 1.35. The van der Waals surface area contributed by atoms with E-state index in [0.29, 0.717) is 18.5 Å². The molecule has 1 amide bonds. The standard InChI is InChI=1S/C21H19N5O5/c27-20(22-14-15-5-1-2-6-17(15)25-12-4-10-23-25)7-3-11-24-18-9-8-16(26(29)30)13-19(18)31-21(24)28/h1-2,4-6,8-10,12-13H,3,7,11,14H2,(H,22,27). The first kappa shape index (κ1) is 20.1. The third kappa shape index (κ3) is 4.37. The predicted octanol–water partition coefficient (Wildman–Crippen LogP) is 2.79. The van der Waals surface area contributed by atoms with Crippen LogP contribution in [0.4, 0.5) is 5.69 Å². The zero-order chi connectivity index (χ0) is 21.8. The lowest BCUT2D eigenvalue weighted by Crippen LogP contribution is -2.24. The molecular weight excluding hydrogens is 402 g/mol. The van der Waals surface area contributed by atoms with Crippen LogP contribution in [0.2, 0.25) is 0 Å². The molecule has 0 aliphatic heterocycles. The highest BCUT2D eigenvalue weighted by atomic mass is 16.6. The van der Waals surface area contributed by atoms with Crippen molar-refractivity contribution in [1.82, 2.24) is 19.7 Å². The Morgan fingerprint density at radius 3 is 2.81 bits per heavy atom. The summed E-state index contributed by atoms with van der Waals surface area (Å²) in [6.07, 6.45) is 4.16. The molecule has 0 saturated heterocycles. The van der Waals surface area contributed by atoms with Crippen molar-refractivity contribution < 1.29 is 14.1 Å². The van der Waals surface area contributed by atoms with Crippen LogP contribution >= 0.6 is 0 Å². The van der Waals surface area contributed by atoms with E-state index < -0.39 is 10.7 Å². The second-order valence-corrected chi connectivity index (χ2v) is 6.89. The Kier molecular flexibility index (Phi) is 5.61. The van der Waals surface area contributed by atoms with Crippen molar-refractivity contribution in [2.24, 2.45) is 0 Å². The summed E-state index contributed by atoms with van der Waals surface area (Å²) in [5.41, 5.74) is 2.28.